The first kappa shape index (κ1) is 13.7. The standard InChI is InChI=1S/C14H12F3N3O/c15-11-12(8-4-5-8)18-7-19-13(11)20-9-2-1-3-10(6-9)21-14(16)17/h1-3,6-8,14H,4-5H2,(H,18,19,20). The van der Waals surface area contributed by atoms with Gasteiger partial charge in [-0.1, -0.05) is 6.07 Å². The highest BCUT2D eigenvalue weighted by atomic mass is 19.3. The highest BCUT2D eigenvalue weighted by Gasteiger charge is 2.29. The van der Waals surface area contributed by atoms with Crippen LogP contribution >= 0.6 is 0 Å². The molecule has 0 saturated heterocycles. The minimum Gasteiger partial charge on any atom is -0.435 e. The molecule has 3 rings (SSSR count). The van der Waals surface area contributed by atoms with Crippen LogP contribution in [-0.4, -0.2) is 16.6 Å². The molecule has 21 heavy (non-hydrogen) atoms. The van der Waals surface area contributed by atoms with Gasteiger partial charge in [0.05, 0.1) is 5.69 Å². The summed E-state index contributed by atoms with van der Waals surface area (Å²) < 4.78 is 42.9. The van der Waals surface area contributed by atoms with E-state index in [-0.39, 0.29) is 17.5 Å². The van der Waals surface area contributed by atoms with E-state index in [1.165, 1.54) is 24.5 Å². The van der Waals surface area contributed by atoms with E-state index in [4.69, 9.17) is 0 Å². The number of alkyl halides is 2. The van der Waals surface area contributed by atoms with E-state index < -0.39 is 12.4 Å². The molecule has 2 aromatic rings. The summed E-state index contributed by atoms with van der Waals surface area (Å²) in [5, 5.41) is 2.76. The van der Waals surface area contributed by atoms with E-state index in [1.54, 1.807) is 6.07 Å². The van der Waals surface area contributed by atoms with Gasteiger partial charge in [-0.2, -0.15) is 8.78 Å². The predicted octanol–water partition coefficient (Wildman–Crippen LogP) is 3.84. The Morgan fingerprint density at radius 1 is 1.24 bits per heavy atom. The van der Waals surface area contributed by atoms with Gasteiger partial charge < -0.3 is 10.1 Å². The molecular formula is C14H12F3N3O. The average Bonchev–Trinajstić information content (AvgIpc) is 3.25. The summed E-state index contributed by atoms with van der Waals surface area (Å²) in [5.74, 6) is -0.324. The van der Waals surface area contributed by atoms with Gasteiger partial charge in [-0.3, -0.25) is 0 Å². The molecule has 1 N–H and O–H groups in total. The van der Waals surface area contributed by atoms with Crippen LogP contribution in [0.4, 0.5) is 24.7 Å². The van der Waals surface area contributed by atoms with Crippen molar-refractivity contribution in [2.45, 2.75) is 25.4 Å². The summed E-state index contributed by atoms with van der Waals surface area (Å²) in [7, 11) is 0. The van der Waals surface area contributed by atoms with Crippen molar-refractivity contribution in [3.05, 3.63) is 42.1 Å². The molecule has 1 aliphatic carbocycles. The lowest BCUT2D eigenvalue weighted by atomic mass is 10.2. The molecule has 1 aromatic carbocycles. The fourth-order valence-electron chi connectivity index (χ4n) is 2.00. The minimum atomic E-state index is -2.91. The Morgan fingerprint density at radius 3 is 2.76 bits per heavy atom. The third kappa shape index (κ3) is 3.24. The maximum atomic E-state index is 14.2. The van der Waals surface area contributed by atoms with Crippen LogP contribution in [0, 0.1) is 5.82 Å². The van der Waals surface area contributed by atoms with Gasteiger partial charge in [0, 0.05) is 17.7 Å². The molecule has 0 radical (unpaired) electrons. The van der Waals surface area contributed by atoms with Crippen molar-refractivity contribution in [3.63, 3.8) is 0 Å². The number of nitrogens with zero attached hydrogens (tertiary/aromatic N) is 2. The normalized spacial score (nSPS) is 14.3. The maximum Gasteiger partial charge on any atom is 0.387 e. The number of halogens is 3. The van der Waals surface area contributed by atoms with Crippen molar-refractivity contribution in [2.24, 2.45) is 0 Å². The number of rotatable bonds is 5. The maximum absolute atomic E-state index is 14.2. The van der Waals surface area contributed by atoms with Crippen LogP contribution < -0.4 is 10.1 Å². The fraction of sp³-hybridized carbons (Fsp3) is 0.286. The Hall–Kier alpha value is -2.31. The Balaban J connectivity index is 1.81. The summed E-state index contributed by atoms with van der Waals surface area (Å²) in [6.45, 7) is -2.91. The van der Waals surface area contributed by atoms with E-state index >= 15 is 0 Å². The Bertz CT molecular complexity index is 647. The number of aromatic nitrogens is 2. The molecule has 1 fully saturated rings. The Morgan fingerprint density at radius 2 is 2.05 bits per heavy atom. The van der Waals surface area contributed by atoms with Crippen LogP contribution in [0.25, 0.3) is 0 Å². The van der Waals surface area contributed by atoms with Crippen LogP contribution in [0.2, 0.25) is 0 Å². The zero-order valence-corrected chi connectivity index (χ0v) is 10.9. The number of nitrogens with one attached hydrogen (secondary N) is 1. The first-order valence-corrected chi connectivity index (χ1v) is 6.46. The van der Waals surface area contributed by atoms with E-state index in [0.717, 1.165) is 12.8 Å². The summed E-state index contributed by atoms with van der Waals surface area (Å²) >= 11 is 0. The van der Waals surface area contributed by atoms with Crippen LogP contribution in [-0.2, 0) is 0 Å². The molecule has 0 aliphatic heterocycles. The van der Waals surface area contributed by atoms with Gasteiger partial charge in [-0.15, -0.1) is 0 Å². The molecule has 0 unspecified atom stereocenters. The second kappa shape index (κ2) is 5.59. The first-order chi connectivity index (χ1) is 10.1. The zero-order valence-electron chi connectivity index (χ0n) is 10.9. The molecule has 0 bridgehead atoms. The molecule has 7 heteroatoms. The highest BCUT2D eigenvalue weighted by Crippen LogP contribution is 2.41. The van der Waals surface area contributed by atoms with Crippen LogP contribution in [0.5, 0.6) is 5.75 Å². The van der Waals surface area contributed by atoms with Crippen molar-refractivity contribution in [1.29, 1.82) is 0 Å². The van der Waals surface area contributed by atoms with Crippen molar-refractivity contribution in [3.8, 4) is 5.75 Å². The summed E-state index contributed by atoms with van der Waals surface area (Å²) in [6, 6.07) is 5.88. The van der Waals surface area contributed by atoms with Gasteiger partial charge in [-0.25, -0.2) is 14.4 Å². The largest absolute Gasteiger partial charge is 0.435 e. The van der Waals surface area contributed by atoms with E-state index in [1.807, 2.05) is 0 Å². The quantitative estimate of drug-likeness (QED) is 0.910. The van der Waals surface area contributed by atoms with Crippen LogP contribution in [0.1, 0.15) is 24.5 Å². The van der Waals surface area contributed by atoms with Gasteiger partial charge >= 0.3 is 6.61 Å². The number of anilines is 2. The molecule has 0 amide bonds. The van der Waals surface area contributed by atoms with Crippen molar-refractivity contribution < 1.29 is 17.9 Å². The third-order valence-electron chi connectivity index (χ3n) is 3.10. The summed E-state index contributed by atoms with van der Waals surface area (Å²) in [6.07, 6.45) is 3.13. The minimum absolute atomic E-state index is 0.00752. The SMILES string of the molecule is Fc1c(Nc2cccc(OC(F)F)c2)ncnc1C1CC1. The lowest BCUT2D eigenvalue weighted by Crippen LogP contribution is -2.04. The second-order valence-corrected chi connectivity index (χ2v) is 4.73. The van der Waals surface area contributed by atoms with Crippen LogP contribution in [0.15, 0.2) is 30.6 Å². The Kier molecular flexibility index (Phi) is 3.64. The monoisotopic (exact) mass is 295 g/mol. The molecule has 1 saturated carbocycles. The highest BCUT2D eigenvalue weighted by molar-refractivity contribution is 5.59. The van der Waals surface area contributed by atoms with Crippen molar-refractivity contribution in [1.82, 2.24) is 9.97 Å². The Labute approximate surface area is 119 Å². The predicted molar refractivity (Wildman–Crippen MR) is 70.3 cm³/mol. The third-order valence-corrected chi connectivity index (χ3v) is 3.10. The lowest BCUT2D eigenvalue weighted by Gasteiger charge is -2.10. The summed E-state index contributed by atoms with van der Waals surface area (Å²) in [5.41, 5.74) is 0.806. The van der Waals surface area contributed by atoms with Crippen LogP contribution in [0.3, 0.4) is 0 Å². The molecule has 110 valence electrons. The van der Waals surface area contributed by atoms with E-state index in [9.17, 15) is 13.2 Å². The molecule has 1 aliphatic rings. The number of hydrogen-bond acceptors (Lipinski definition) is 4. The molecule has 1 heterocycles. The van der Waals surface area contributed by atoms with E-state index in [2.05, 4.69) is 20.0 Å². The number of benzene rings is 1. The smallest absolute Gasteiger partial charge is 0.387 e. The molecule has 0 spiro atoms. The summed E-state index contributed by atoms with van der Waals surface area (Å²) in [4.78, 5) is 7.80. The number of hydrogen-bond donors (Lipinski definition) is 1. The topological polar surface area (TPSA) is 47.0 Å². The number of ether oxygens (including phenoxy) is 1. The van der Waals surface area contributed by atoms with Gasteiger partial charge in [0.15, 0.2) is 11.6 Å². The average molecular weight is 295 g/mol. The molecule has 1 aromatic heterocycles. The lowest BCUT2D eigenvalue weighted by molar-refractivity contribution is -0.0497. The van der Waals surface area contributed by atoms with E-state index in [0.29, 0.717) is 11.4 Å². The van der Waals surface area contributed by atoms with Crippen molar-refractivity contribution in [2.75, 3.05) is 5.32 Å². The molecule has 0 atom stereocenters. The van der Waals surface area contributed by atoms with Gasteiger partial charge in [0.2, 0.25) is 0 Å². The molecule has 4 nitrogen and oxygen atoms in total. The first-order valence-electron chi connectivity index (χ1n) is 6.46. The van der Waals surface area contributed by atoms with Gasteiger partial charge in [0.25, 0.3) is 0 Å². The molecular weight excluding hydrogens is 283 g/mol. The zero-order chi connectivity index (χ0) is 14.8. The van der Waals surface area contributed by atoms with Gasteiger partial charge in [-0.05, 0) is 25.0 Å². The second-order valence-electron chi connectivity index (χ2n) is 4.73. The fourth-order valence-corrected chi connectivity index (χ4v) is 2.00. The van der Waals surface area contributed by atoms with Crippen molar-refractivity contribution >= 4 is 11.5 Å². The van der Waals surface area contributed by atoms with Gasteiger partial charge in [0.1, 0.15) is 12.1 Å².